The van der Waals surface area contributed by atoms with Crippen LogP contribution in [0.5, 0.6) is 11.5 Å². The van der Waals surface area contributed by atoms with Crippen molar-refractivity contribution < 1.29 is 18.7 Å². The summed E-state index contributed by atoms with van der Waals surface area (Å²) >= 11 is 1.18. The SMILES string of the molecule is COc1cc2c(cc1NC(=O)CSc1nnc(-c3cccc(OC(C)C)c3)n1N)oc1ccccc12. The summed E-state index contributed by atoms with van der Waals surface area (Å²) in [7, 11) is 1.56. The Kier molecular flexibility index (Phi) is 6.43. The fourth-order valence-corrected chi connectivity index (χ4v) is 4.54. The zero-order valence-corrected chi connectivity index (χ0v) is 20.8. The molecule has 0 aliphatic rings. The zero-order chi connectivity index (χ0) is 25.2. The molecule has 10 heteroatoms. The van der Waals surface area contributed by atoms with Gasteiger partial charge in [0.25, 0.3) is 0 Å². The van der Waals surface area contributed by atoms with Gasteiger partial charge in [0.1, 0.15) is 22.7 Å². The third-order valence-electron chi connectivity index (χ3n) is 5.43. The van der Waals surface area contributed by atoms with Gasteiger partial charge in [0.15, 0.2) is 5.82 Å². The molecule has 184 valence electrons. The maximum Gasteiger partial charge on any atom is 0.234 e. The van der Waals surface area contributed by atoms with Gasteiger partial charge in [-0.1, -0.05) is 42.1 Å². The Morgan fingerprint density at radius 2 is 1.92 bits per heavy atom. The predicted octanol–water partition coefficient (Wildman–Crippen LogP) is 5.08. The minimum absolute atomic E-state index is 0.0480. The number of thioether (sulfide) groups is 1. The lowest BCUT2D eigenvalue weighted by atomic mass is 10.1. The van der Waals surface area contributed by atoms with Crippen LogP contribution in [0.15, 0.2) is 70.2 Å². The molecular weight excluding hydrogens is 478 g/mol. The number of aromatic nitrogens is 3. The van der Waals surface area contributed by atoms with Crippen molar-refractivity contribution in [1.29, 1.82) is 0 Å². The molecule has 3 N–H and O–H groups in total. The van der Waals surface area contributed by atoms with E-state index in [2.05, 4.69) is 15.5 Å². The third kappa shape index (κ3) is 4.67. The smallest absolute Gasteiger partial charge is 0.234 e. The number of fused-ring (bicyclic) bond motifs is 3. The van der Waals surface area contributed by atoms with Gasteiger partial charge in [-0.3, -0.25) is 4.79 Å². The minimum atomic E-state index is -0.245. The molecule has 5 aromatic rings. The fraction of sp³-hybridized carbons (Fsp3) is 0.192. The molecule has 36 heavy (non-hydrogen) atoms. The number of methoxy groups -OCH3 is 1. The zero-order valence-electron chi connectivity index (χ0n) is 20.0. The number of benzene rings is 3. The average molecular weight is 504 g/mol. The number of hydrogen-bond acceptors (Lipinski definition) is 8. The van der Waals surface area contributed by atoms with Crippen molar-refractivity contribution >= 4 is 45.3 Å². The maximum absolute atomic E-state index is 12.8. The molecule has 0 bridgehead atoms. The number of ether oxygens (including phenoxy) is 2. The van der Waals surface area contributed by atoms with E-state index in [4.69, 9.17) is 19.7 Å². The van der Waals surface area contributed by atoms with Crippen LogP contribution in [0.3, 0.4) is 0 Å². The number of amides is 1. The molecular formula is C26H25N5O4S. The van der Waals surface area contributed by atoms with E-state index in [0.717, 1.165) is 27.7 Å². The van der Waals surface area contributed by atoms with Gasteiger partial charge >= 0.3 is 0 Å². The number of nitrogens with two attached hydrogens (primary N) is 1. The van der Waals surface area contributed by atoms with Gasteiger partial charge in [-0.15, -0.1) is 10.2 Å². The number of hydrogen-bond donors (Lipinski definition) is 2. The highest BCUT2D eigenvalue weighted by atomic mass is 32.2. The second-order valence-corrected chi connectivity index (χ2v) is 9.30. The quantitative estimate of drug-likeness (QED) is 0.222. The molecule has 1 amide bonds. The molecule has 5 rings (SSSR count). The first kappa shape index (κ1) is 23.6. The van der Waals surface area contributed by atoms with E-state index < -0.39 is 0 Å². The molecule has 0 saturated heterocycles. The van der Waals surface area contributed by atoms with Crippen LogP contribution >= 0.6 is 11.8 Å². The summed E-state index contributed by atoms with van der Waals surface area (Å²) in [5, 5.41) is 13.6. The van der Waals surface area contributed by atoms with Gasteiger partial charge in [-0.05, 0) is 38.1 Å². The number of furan rings is 1. The Bertz CT molecular complexity index is 1560. The molecule has 2 heterocycles. The van der Waals surface area contributed by atoms with Crippen molar-refractivity contribution in [3.05, 3.63) is 60.7 Å². The van der Waals surface area contributed by atoms with E-state index in [1.165, 1.54) is 16.4 Å². The largest absolute Gasteiger partial charge is 0.495 e. The second kappa shape index (κ2) is 9.82. The van der Waals surface area contributed by atoms with Gasteiger partial charge in [0.2, 0.25) is 11.1 Å². The average Bonchev–Trinajstić information content (AvgIpc) is 3.41. The lowest BCUT2D eigenvalue weighted by molar-refractivity contribution is -0.113. The first-order valence-electron chi connectivity index (χ1n) is 11.3. The molecule has 0 aliphatic heterocycles. The van der Waals surface area contributed by atoms with Gasteiger partial charge in [0.05, 0.1) is 24.7 Å². The number of carbonyl (C=O) groups excluding carboxylic acids is 1. The van der Waals surface area contributed by atoms with Crippen LogP contribution in [-0.2, 0) is 4.79 Å². The van der Waals surface area contributed by atoms with Crippen molar-refractivity contribution in [3.8, 4) is 22.9 Å². The lowest BCUT2D eigenvalue weighted by Gasteiger charge is -2.11. The number of para-hydroxylation sites is 1. The lowest BCUT2D eigenvalue weighted by Crippen LogP contribution is -2.17. The van der Waals surface area contributed by atoms with Crippen LogP contribution in [0, 0.1) is 0 Å². The van der Waals surface area contributed by atoms with E-state index in [0.29, 0.717) is 28.0 Å². The van der Waals surface area contributed by atoms with Crippen LogP contribution in [0.2, 0.25) is 0 Å². The molecule has 0 spiro atoms. The van der Waals surface area contributed by atoms with Crippen LogP contribution in [-0.4, -0.2) is 39.7 Å². The summed E-state index contributed by atoms with van der Waals surface area (Å²) < 4.78 is 18.6. The number of rotatable bonds is 8. The monoisotopic (exact) mass is 503 g/mol. The predicted molar refractivity (Wildman–Crippen MR) is 141 cm³/mol. The minimum Gasteiger partial charge on any atom is -0.495 e. The van der Waals surface area contributed by atoms with Crippen LogP contribution < -0.4 is 20.6 Å². The third-order valence-corrected chi connectivity index (χ3v) is 6.38. The second-order valence-electron chi connectivity index (χ2n) is 8.35. The Balaban J connectivity index is 1.30. The summed E-state index contributed by atoms with van der Waals surface area (Å²) in [6.45, 7) is 3.92. The first-order chi connectivity index (χ1) is 17.4. The molecule has 9 nitrogen and oxygen atoms in total. The maximum atomic E-state index is 12.8. The van der Waals surface area contributed by atoms with E-state index in [-0.39, 0.29) is 17.8 Å². The first-order valence-corrected chi connectivity index (χ1v) is 12.3. The highest BCUT2D eigenvalue weighted by molar-refractivity contribution is 7.99. The van der Waals surface area contributed by atoms with E-state index in [1.54, 1.807) is 13.2 Å². The van der Waals surface area contributed by atoms with Gasteiger partial charge in [-0.25, -0.2) is 4.68 Å². The highest BCUT2D eigenvalue weighted by Gasteiger charge is 2.17. The molecule has 2 aromatic heterocycles. The van der Waals surface area contributed by atoms with Crippen LogP contribution in [0.25, 0.3) is 33.3 Å². The normalized spacial score (nSPS) is 11.3. The van der Waals surface area contributed by atoms with Crippen molar-refractivity contribution in [3.63, 3.8) is 0 Å². The van der Waals surface area contributed by atoms with Crippen molar-refractivity contribution in [2.24, 2.45) is 0 Å². The Hall–Kier alpha value is -4.18. The molecule has 0 radical (unpaired) electrons. The summed E-state index contributed by atoms with van der Waals surface area (Å²) in [6.07, 6.45) is 0.0480. The summed E-state index contributed by atoms with van der Waals surface area (Å²) in [6, 6.07) is 18.9. The molecule has 0 unspecified atom stereocenters. The number of nitrogens with zero attached hydrogens (tertiary/aromatic N) is 3. The Morgan fingerprint density at radius 3 is 2.72 bits per heavy atom. The summed E-state index contributed by atoms with van der Waals surface area (Å²) in [5.41, 5.74) is 2.72. The molecule has 0 atom stereocenters. The van der Waals surface area contributed by atoms with Crippen molar-refractivity contribution in [2.75, 3.05) is 24.0 Å². The van der Waals surface area contributed by atoms with Gasteiger partial charge < -0.3 is 25.1 Å². The number of nitrogens with one attached hydrogen (secondary N) is 1. The Morgan fingerprint density at radius 1 is 1.08 bits per heavy atom. The van der Waals surface area contributed by atoms with E-state index in [9.17, 15) is 4.79 Å². The van der Waals surface area contributed by atoms with E-state index >= 15 is 0 Å². The highest BCUT2D eigenvalue weighted by Crippen LogP contribution is 2.36. The van der Waals surface area contributed by atoms with Crippen LogP contribution in [0.4, 0.5) is 5.69 Å². The topological polar surface area (TPSA) is 117 Å². The van der Waals surface area contributed by atoms with Crippen molar-refractivity contribution in [1.82, 2.24) is 14.9 Å². The molecule has 0 fully saturated rings. The fourth-order valence-electron chi connectivity index (χ4n) is 3.89. The number of nitrogen functional groups attached to an aromatic ring is 1. The van der Waals surface area contributed by atoms with Crippen molar-refractivity contribution in [2.45, 2.75) is 25.1 Å². The molecule has 0 saturated carbocycles. The van der Waals surface area contributed by atoms with E-state index in [1.807, 2.05) is 68.4 Å². The van der Waals surface area contributed by atoms with Crippen LogP contribution in [0.1, 0.15) is 13.8 Å². The summed E-state index contributed by atoms with van der Waals surface area (Å²) in [5.74, 6) is 7.80. The number of carbonyl (C=O) groups is 1. The summed E-state index contributed by atoms with van der Waals surface area (Å²) in [4.78, 5) is 12.8. The molecule has 0 aliphatic carbocycles. The number of anilines is 1. The van der Waals surface area contributed by atoms with Gasteiger partial charge in [0, 0.05) is 22.4 Å². The molecule has 3 aromatic carbocycles. The Labute approximate surface area is 211 Å². The standard InChI is InChI=1S/C26H25N5O4S/c1-15(2)34-17-8-6-7-16(11-17)25-29-30-26(31(25)27)36-14-24(32)28-20-13-22-19(12-23(20)33-3)18-9-4-5-10-21(18)35-22/h4-13,15H,14,27H2,1-3H3,(H,28,32). The van der Waals surface area contributed by atoms with Gasteiger partial charge in [-0.2, -0.15) is 0 Å².